The average Bonchev–Trinajstić information content (AvgIpc) is 2.80. The number of rotatable bonds is 6. The summed E-state index contributed by atoms with van der Waals surface area (Å²) in [5, 5.41) is 3.49. The van der Waals surface area contributed by atoms with Gasteiger partial charge in [-0.1, -0.05) is 23.7 Å². The molecule has 4 rings (SSSR count). The van der Waals surface area contributed by atoms with E-state index in [0.29, 0.717) is 30.0 Å². The molecule has 6 nitrogen and oxygen atoms in total. The second-order valence-corrected chi connectivity index (χ2v) is 11.1. The second-order valence-electron chi connectivity index (χ2n) is 8.67. The molecule has 0 aliphatic carbocycles. The zero-order valence-corrected chi connectivity index (χ0v) is 19.7. The molecule has 2 aliphatic heterocycles. The summed E-state index contributed by atoms with van der Waals surface area (Å²) in [7, 11) is -3.52. The quantitative estimate of drug-likeness (QED) is 0.667. The lowest BCUT2D eigenvalue weighted by Crippen LogP contribution is -2.44. The van der Waals surface area contributed by atoms with Crippen LogP contribution in [0.4, 0.5) is 11.4 Å². The standard InChI is InChI=1S/C24H30ClN3O3S/c25-21-8-4-6-19(16-21)18-32(30,31)28-15-5-7-20(17-28)24(29)26-22-9-11-23(12-10-22)27-13-2-1-3-14-27/h4,6,8-12,16,20H,1-3,5,7,13-15,17-18H2,(H,26,29). The van der Waals surface area contributed by atoms with Gasteiger partial charge in [-0.25, -0.2) is 12.7 Å². The third kappa shape index (κ3) is 5.82. The summed E-state index contributed by atoms with van der Waals surface area (Å²) in [6, 6.07) is 14.8. The number of carbonyl (C=O) groups is 1. The maximum absolute atomic E-state index is 12.9. The van der Waals surface area contributed by atoms with Crippen LogP contribution in [-0.4, -0.2) is 44.8 Å². The lowest BCUT2D eigenvalue weighted by molar-refractivity contribution is -0.120. The van der Waals surface area contributed by atoms with E-state index in [-0.39, 0.29) is 24.1 Å². The third-order valence-electron chi connectivity index (χ3n) is 6.24. The number of halogens is 1. The molecule has 2 fully saturated rings. The van der Waals surface area contributed by atoms with E-state index in [1.807, 2.05) is 24.3 Å². The monoisotopic (exact) mass is 475 g/mol. The first kappa shape index (κ1) is 23.1. The second kappa shape index (κ2) is 10.2. The highest BCUT2D eigenvalue weighted by Crippen LogP contribution is 2.25. The van der Waals surface area contributed by atoms with Gasteiger partial charge in [0.05, 0.1) is 11.7 Å². The Morgan fingerprint density at radius 2 is 1.75 bits per heavy atom. The van der Waals surface area contributed by atoms with E-state index in [1.165, 1.54) is 29.3 Å². The summed E-state index contributed by atoms with van der Waals surface area (Å²) in [4.78, 5) is 15.2. The van der Waals surface area contributed by atoms with E-state index in [1.54, 1.807) is 24.3 Å². The Bertz CT molecular complexity index is 1040. The Hall–Kier alpha value is -2.09. The molecular formula is C24H30ClN3O3S. The molecule has 0 bridgehead atoms. The fourth-order valence-electron chi connectivity index (χ4n) is 4.49. The highest BCUT2D eigenvalue weighted by atomic mass is 35.5. The Balaban J connectivity index is 1.35. The SMILES string of the molecule is O=C(Nc1ccc(N2CCCCC2)cc1)C1CCCN(S(=O)(=O)Cc2cccc(Cl)c2)C1. The first-order chi connectivity index (χ1) is 15.4. The number of anilines is 2. The van der Waals surface area contributed by atoms with Crippen LogP contribution in [0.1, 0.15) is 37.7 Å². The van der Waals surface area contributed by atoms with E-state index in [4.69, 9.17) is 11.6 Å². The molecule has 1 atom stereocenters. The number of hydrogen-bond acceptors (Lipinski definition) is 4. The van der Waals surface area contributed by atoms with Gasteiger partial charge in [-0.2, -0.15) is 0 Å². The number of nitrogens with zero attached hydrogens (tertiary/aromatic N) is 2. The molecule has 8 heteroatoms. The Kier molecular flexibility index (Phi) is 7.38. The topological polar surface area (TPSA) is 69.7 Å². The number of amides is 1. The van der Waals surface area contributed by atoms with Gasteiger partial charge in [-0.3, -0.25) is 4.79 Å². The minimum absolute atomic E-state index is 0.111. The van der Waals surface area contributed by atoms with Crippen LogP contribution in [0.5, 0.6) is 0 Å². The van der Waals surface area contributed by atoms with Gasteiger partial charge in [0.25, 0.3) is 0 Å². The van der Waals surface area contributed by atoms with E-state index < -0.39 is 10.0 Å². The van der Waals surface area contributed by atoms with Crippen LogP contribution < -0.4 is 10.2 Å². The molecule has 1 unspecified atom stereocenters. The van der Waals surface area contributed by atoms with Gasteiger partial charge in [0.1, 0.15) is 0 Å². The number of sulfonamides is 1. The van der Waals surface area contributed by atoms with E-state index >= 15 is 0 Å². The van der Waals surface area contributed by atoms with Crippen LogP contribution in [0.25, 0.3) is 0 Å². The van der Waals surface area contributed by atoms with Crippen LogP contribution in [0.3, 0.4) is 0 Å². The van der Waals surface area contributed by atoms with Crippen LogP contribution in [0.15, 0.2) is 48.5 Å². The van der Waals surface area contributed by atoms with Crippen molar-refractivity contribution >= 4 is 38.9 Å². The third-order valence-corrected chi connectivity index (χ3v) is 8.29. The average molecular weight is 476 g/mol. The largest absolute Gasteiger partial charge is 0.372 e. The number of hydrogen-bond donors (Lipinski definition) is 1. The molecule has 0 saturated carbocycles. The number of benzene rings is 2. The highest BCUT2D eigenvalue weighted by molar-refractivity contribution is 7.88. The van der Waals surface area contributed by atoms with Crippen molar-refractivity contribution in [3.8, 4) is 0 Å². The van der Waals surface area contributed by atoms with Crippen molar-refractivity contribution in [2.24, 2.45) is 5.92 Å². The van der Waals surface area contributed by atoms with Crippen LogP contribution in [-0.2, 0) is 20.6 Å². The summed E-state index contributed by atoms with van der Waals surface area (Å²) in [5.41, 5.74) is 2.58. The normalized spacial score (nSPS) is 20.2. The molecular weight excluding hydrogens is 446 g/mol. The molecule has 172 valence electrons. The van der Waals surface area contributed by atoms with Gasteiger partial charge in [0.2, 0.25) is 15.9 Å². The van der Waals surface area contributed by atoms with E-state index in [0.717, 1.165) is 18.8 Å². The van der Waals surface area contributed by atoms with Crippen molar-refractivity contribution in [1.29, 1.82) is 0 Å². The molecule has 2 heterocycles. The number of nitrogens with one attached hydrogen (secondary N) is 1. The molecule has 0 radical (unpaired) electrons. The molecule has 0 aromatic heterocycles. The zero-order chi connectivity index (χ0) is 22.6. The lowest BCUT2D eigenvalue weighted by atomic mass is 9.98. The molecule has 0 spiro atoms. The lowest BCUT2D eigenvalue weighted by Gasteiger charge is -2.31. The van der Waals surface area contributed by atoms with Crippen molar-refractivity contribution in [3.63, 3.8) is 0 Å². The maximum Gasteiger partial charge on any atom is 0.228 e. The zero-order valence-electron chi connectivity index (χ0n) is 18.2. The molecule has 32 heavy (non-hydrogen) atoms. The molecule has 1 N–H and O–H groups in total. The van der Waals surface area contributed by atoms with Crippen LogP contribution in [0, 0.1) is 5.92 Å². The number of piperidine rings is 2. The minimum Gasteiger partial charge on any atom is -0.372 e. The van der Waals surface area contributed by atoms with Gasteiger partial charge < -0.3 is 10.2 Å². The highest BCUT2D eigenvalue weighted by Gasteiger charge is 2.32. The van der Waals surface area contributed by atoms with Crippen LogP contribution >= 0.6 is 11.6 Å². The summed E-state index contributed by atoms with van der Waals surface area (Å²) in [6.07, 6.45) is 5.08. The number of carbonyl (C=O) groups excluding carboxylic acids is 1. The summed E-state index contributed by atoms with van der Waals surface area (Å²) in [6.45, 7) is 2.80. The Morgan fingerprint density at radius 3 is 2.47 bits per heavy atom. The van der Waals surface area contributed by atoms with Gasteiger partial charge in [0, 0.05) is 42.6 Å². The predicted octanol–water partition coefficient (Wildman–Crippen LogP) is 4.51. The fourth-order valence-corrected chi connectivity index (χ4v) is 6.30. The fraction of sp³-hybridized carbons (Fsp3) is 0.458. The van der Waals surface area contributed by atoms with Gasteiger partial charge in [0.15, 0.2) is 0 Å². The molecule has 2 aromatic carbocycles. The van der Waals surface area contributed by atoms with Crippen LogP contribution in [0.2, 0.25) is 5.02 Å². The van der Waals surface area contributed by atoms with E-state index in [2.05, 4.69) is 10.2 Å². The van der Waals surface area contributed by atoms with Crippen molar-refractivity contribution in [1.82, 2.24) is 4.31 Å². The summed E-state index contributed by atoms with van der Waals surface area (Å²) in [5.74, 6) is -0.599. The molecule has 1 amide bonds. The van der Waals surface area contributed by atoms with Crippen molar-refractivity contribution < 1.29 is 13.2 Å². The van der Waals surface area contributed by atoms with Crippen molar-refractivity contribution in [2.45, 2.75) is 37.9 Å². The Labute approximate surface area is 195 Å². The first-order valence-electron chi connectivity index (χ1n) is 11.3. The van der Waals surface area contributed by atoms with Gasteiger partial charge in [-0.05, 0) is 74.1 Å². The summed E-state index contributed by atoms with van der Waals surface area (Å²) >= 11 is 5.99. The Morgan fingerprint density at radius 1 is 1.00 bits per heavy atom. The molecule has 2 aromatic rings. The first-order valence-corrected chi connectivity index (χ1v) is 13.3. The molecule has 2 saturated heterocycles. The van der Waals surface area contributed by atoms with Crippen molar-refractivity contribution in [3.05, 3.63) is 59.1 Å². The molecule has 2 aliphatic rings. The van der Waals surface area contributed by atoms with Gasteiger partial charge in [-0.15, -0.1) is 0 Å². The summed E-state index contributed by atoms with van der Waals surface area (Å²) < 4.78 is 27.3. The predicted molar refractivity (Wildman–Crippen MR) is 130 cm³/mol. The minimum atomic E-state index is -3.52. The van der Waals surface area contributed by atoms with Gasteiger partial charge >= 0.3 is 0 Å². The van der Waals surface area contributed by atoms with E-state index in [9.17, 15) is 13.2 Å². The maximum atomic E-state index is 12.9. The van der Waals surface area contributed by atoms with Crippen molar-refractivity contribution in [2.75, 3.05) is 36.4 Å². The smallest absolute Gasteiger partial charge is 0.228 e.